The molecule has 0 atom stereocenters. The Bertz CT molecular complexity index is 890. The zero-order valence-corrected chi connectivity index (χ0v) is 12.1. The first-order valence-electron chi connectivity index (χ1n) is 7.27. The molecule has 4 heteroatoms. The molecule has 0 fully saturated rings. The SMILES string of the molecule is [c]1nc2ccccc2n1Cc1nccn1Cc1ccccc1. The van der Waals surface area contributed by atoms with E-state index < -0.39 is 0 Å². The third-order valence-electron chi connectivity index (χ3n) is 3.76. The highest BCUT2D eigenvalue weighted by Crippen LogP contribution is 2.14. The molecule has 22 heavy (non-hydrogen) atoms. The Hall–Kier alpha value is -2.88. The molecule has 4 aromatic rings. The van der Waals surface area contributed by atoms with Gasteiger partial charge in [-0.1, -0.05) is 42.5 Å². The lowest BCUT2D eigenvalue weighted by Crippen LogP contribution is -2.08. The topological polar surface area (TPSA) is 35.6 Å². The van der Waals surface area contributed by atoms with Crippen molar-refractivity contribution in [3.8, 4) is 0 Å². The normalized spacial score (nSPS) is 11.1. The maximum Gasteiger partial charge on any atom is 0.177 e. The number of nitrogens with zero attached hydrogens (tertiary/aromatic N) is 4. The zero-order valence-electron chi connectivity index (χ0n) is 12.1. The molecule has 0 spiro atoms. The maximum atomic E-state index is 4.49. The number of hydrogen-bond donors (Lipinski definition) is 0. The first kappa shape index (κ1) is 12.8. The summed E-state index contributed by atoms with van der Waals surface area (Å²) in [5, 5.41) is 0. The second kappa shape index (κ2) is 5.48. The third-order valence-corrected chi connectivity index (χ3v) is 3.76. The second-order valence-corrected chi connectivity index (χ2v) is 5.24. The van der Waals surface area contributed by atoms with Gasteiger partial charge in [-0.25, -0.2) is 9.97 Å². The van der Waals surface area contributed by atoms with Crippen LogP contribution in [0.2, 0.25) is 0 Å². The summed E-state index contributed by atoms with van der Waals surface area (Å²) < 4.78 is 4.18. The summed E-state index contributed by atoms with van der Waals surface area (Å²) in [6, 6.07) is 18.5. The molecule has 0 N–H and O–H groups in total. The largest absolute Gasteiger partial charge is 0.329 e. The fourth-order valence-corrected chi connectivity index (χ4v) is 2.63. The van der Waals surface area contributed by atoms with Gasteiger partial charge in [0, 0.05) is 18.9 Å². The Kier molecular flexibility index (Phi) is 3.20. The minimum atomic E-state index is 0.667. The maximum absolute atomic E-state index is 4.49. The van der Waals surface area contributed by atoms with Crippen LogP contribution in [-0.4, -0.2) is 19.1 Å². The van der Waals surface area contributed by atoms with E-state index in [1.807, 2.05) is 41.2 Å². The van der Waals surface area contributed by atoms with Crippen LogP contribution in [0.1, 0.15) is 11.4 Å². The number of para-hydroxylation sites is 2. The number of benzene rings is 2. The summed E-state index contributed by atoms with van der Waals surface area (Å²) in [6.45, 7) is 1.49. The van der Waals surface area contributed by atoms with Crippen LogP contribution in [0.3, 0.4) is 0 Å². The van der Waals surface area contributed by atoms with Crippen LogP contribution in [0.5, 0.6) is 0 Å². The van der Waals surface area contributed by atoms with E-state index in [0.717, 1.165) is 23.4 Å². The quantitative estimate of drug-likeness (QED) is 0.578. The van der Waals surface area contributed by atoms with Crippen molar-refractivity contribution in [3.05, 3.63) is 84.7 Å². The van der Waals surface area contributed by atoms with Crippen LogP contribution < -0.4 is 0 Å². The van der Waals surface area contributed by atoms with Gasteiger partial charge in [0.05, 0.1) is 17.6 Å². The van der Waals surface area contributed by atoms with Crippen molar-refractivity contribution < 1.29 is 0 Å². The number of aromatic nitrogens is 4. The predicted molar refractivity (Wildman–Crippen MR) is 85.4 cm³/mol. The van der Waals surface area contributed by atoms with Crippen molar-refractivity contribution in [3.63, 3.8) is 0 Å². The van der Waals surface area contributed by atoms with Gasteiger partial charge in [-0.3, -0.25) is 0 Å². The molecule has 0 unspecified atom stereocenters. The van der Waals surface area contributed by atoms with Crippen molar-refractivity contribution >= 4 is 11.0 Å². The van der Waals surface area contributed by atoms with Gasteiger partial charge >= 0.3 is 0 Å². The summed E-state index contributed by atoms with van der Waals surface area (Å²) in [5.41, 5.74) is 3.31. The summed E-state index contributed by atoms with van der Waals surface area (Å²) in [6.07, 6.45) is 6.92. The summed E-state index contributed by atoms with van der Waals surface area (Å²) in [7, 11) is 0. The first-order valence-corrected chi connectivity index (χ1v) is 7.27. The van der Waals surface area contributed by atoms with E-state index in [4.69, 9.17) is 0 Å². The average molecular weight is 287 g/mol. The van der Waals surface area contributed by atoms with Gasteiger partial charge in [0.1, 0.15) is 5.82 Å². The molecule has 0 aliphatic carbocycles. The number of fused-ring (bicyclic) bond motifs is 1. The van der Waals surface area contributed by atoms with Crippen molar-refractivity contribution in [2.24, 2.45) is 0 Å². The van der Waals surface area contributed by atoms with Crippen LogP contribution in [0.4, 0.5) is 0 Å². The number of hydrogen-bond acceptors (Lipinski definition) is 2. The number of rotatable bonds is 4. The molecule has 0 aliphatic heterocycles. The fourth-order valence-electron chi connectivity index (χ4n) is 2.63. The molecule has 107 valence electrons. The monoisotopic (exact) mass is 287 g/mol. The molecular formula is C18H15N4. The average Bonchev–Trinajstić information content (AvgIpc) is 3.17. The smallest absolute Gasteiger partial charge is 0.177 e. The van der Waals surface area contributed by atoms with Crippen LogP contribution in [0.25, 0.3) is 11.0 Å². The lowest BCUT2D eigenvalue weighted by molar-refractivity contribution is 0.673. The van der Waals surface area contributed by atoms with Crippen LogP contribution in [-0.2, 0) is 13.1 Å². The molecule has 0 saturated carbocycles. The van der Waals surface area contributed by atoms with Gasteiger partial charge < -0.3 is 9.13 Å². The molecule has 0 saturated heterocycles. The predicted octanol–water partition coefficient (Wildman–Crippen LogP) is 3.13. The van der Waals surface area contributed by atoms with Gasteiger partial charge in [-0.15, -0.1) is 0 Å². The first-order chi connectivity index (χ1) is 10.9. The second-order valence-electron chi connectivity index (χ2n) is 5.24. The number of imidazole rings is 2. The Labute approximate surface area is 128 Å². The standard InChI is InChI=1S/C18H15N4/c1-2-6-15(7-3-1)12-21-11-10-19-18(21)13-22-14-20-16-8-4-5-9-17(16)22/h1-11H,12-13H2. The Morgan fingerprint density at radius 1 is 0.909 bits per heavy atom. The molecule has 4 rings (SSSR count). The minimum absolute atomic E-state index is 0.667. The van der Waals surface area contributed by atoms with E-state index in [1.165, 1.54) is 5.56 Å². The fraction of sp³-hybridized carbons (Fsp3) is 0.111. The van der Waals surface area contributed by atoms with E-state index in [9.17, 15) is 0 Å². The van der Waals surface area contributed by atoms with Crippen molar-refractivity contribution in [1.82, 2.24) is 19.1 Å². The van der Waals surface area contributed by atoms with Gasteiger partial charge in [-0.2, -0.15) is 0 Å². The molecule has 0 aliphatic rings. The molecule has 4 nitrogen and oxygen atoms in total. The van der Waals surface area contributed by atoms with Crippen LogP contribution in [0.15, 0.2) is 67.0 Å². The van der Waals surface area contributed by atoms with E-state index >= 15 is 0 Å². The summed E-state index contributed by atoms with van der Waals surface area (Å²) in [4.78, 5) is 8.80. The van der Waals surface area contributed by atoms with Crippen LogP contribution >= 0.6 is 0 Å². The highest BCUT2D eigenvalue weighted by molar-refractivity contribution is 5.74. The van der Waals surface area contributed by atoms with Gasteiger partial charge in [0.15, 0.2) is 6.33 Å². The highest BCUT2D eigenvalue weighted by atomic mass is 15.1. The van der Waals surface area contributed by atoms with Gasteiger partial charge in [0.2, 0.25) is 0 Å². The van der Waals surface area contributed by atoms with E-state index in [0.29, 0.717) is 6.54 Å². The van der Waals surface area contributed by atoms with Crippen molar-refractivity contribution in [1.29, 1.82) is 0 Å². The Balaban J connectivity index is 1.63. The molecule has 1 radical (unpaired) electrons. The molecule has 2 aromatic heterocycles. The summed E-state index contributed by atoms with van der Waals surface area (Å²) in [5.74, 6) is 1.00. The lowest BCUT2D eigenvalue weighted by atomic mass is 10.2. The molecule has 0 amide bonds. The molecule has 2 aromatic carbocycles. The van der Waals surface area contributed by atoms with Gasteiger partial charge in [0.25, 0.3) is 0 Å². The minimum Gasteiger partial charge on any atom is -0.329 e. The van der Waals surface area contributed by atoms with E-state index in [2.05, 4.69) is 51.2 Å². The zero-order chi connectivity index (χ0) is 14.8. The van der Waals surface area contributed by atoms with E-state index in [-0.39, 0.29) is 0 Å². The highest BCUT2D eigenvalue weighted by Gasteiger charge is 2.08. The Morgan fingerprint density at radius 2 is 1.73 bits per heavy atom. The van der Waals surface area contributed by atoms with Crippen molar-refractivity contribution in [2.45, 2.75) is 13.1 Å². The lowest BCUT2D eigenvalue weighted by Gasteiger charge is -2.09. The summed E-state index contributed by atoms with van der Waals surface area (Å²) >= 11 is 0. The van der Waals surface area contributed by atoms with Crippen LogP contribution in [0, 0.1) is 6.33 Å². The molecule has 2 heterocycles. The van der Waals surface area contributed by atoms with E-state index in [1.54, 1.807) is 0 Å². The van der Waals surface area contributed by atoms with Gasteiger partial charge in [-0.05, 0) is 17.7 Å². The molecule has 0 bridgehead atoms. The van der Waals surface area contributed by atoms with Crippen molar-refractivity contribution in [2.75, 3.05) is 0 Å². The Morgan fingerprint density at radius 3 is 2.64 bits per heavy atom. The third kappa shape index (κ3) is 2.39. The molecular weight excluding hydrogens is 272 g/mol.